The second kappa shape index (κ2) is 9.49. The quantitative estimate of drug-likeness (QED) is 0.538. The molecule has 33 heavy (non-hydrogen) atoms. The van der Waals surface area contributed by atoms with Crippen LogP contribution >= 0.6 is 0 Å². The number of halogens is 3. The Bertz CT molecular complexity index is 1240. The maximum atomic E-state index is 13.0. The van der Waals surface area contributed by atoms with Crippen molar-refractivity contribution in [2.24, 2.45) is 0 Å². The van der Waals surface area contributed by atoms with Gasteiger partial charge in [-0.25, -0.2) is 13.4 Å². The highest BCUT2D eigenvalue weighted by Crippen LogP contribution is 2.31. The molecule has 1 heterocycles. The van der Waals surface area contributed by atoms with Crippen LogP contribution in [0.1, 0.15) is 21.5 Å². The van der Waals surface area contributed by atoms with Gasteiger partial charge >= 0.3 is 6.18 Å². The van der Waals surface area contributed by atoms with E-state index < -0.39 is 32.6 Å². The molecule has 11 heteroatoms. The topological polar surface area (TPSA) is 91.4 Å². The molecule has 7 nitrogen and oxygen atoms in total. The number of carbonyl (C=O) groups excluding carboxylic acids is 1. The Balaban J connectivity index is 1.78. The van der Waals surface area contributed by atoms with Gasteiger partial charge in [0, 0.05) is 26.8 Å². The third-order valence-electron chi connectivity index (χ3n) is 4.61. The molecule has 0 aliphatic rings. The summed E-state index contributed by atoms with van der Waals surface area (Å²) in [5, 5.41) is 2.68. The molecule has 0 fully saturated rings. The number of amides is 1. The monoisotopic (exact) mass is 478 g/mol. The van der Waals surface area contributed by atoms with Gasteiger partial charge in [-0.1, -0.05) is 24.3 Å². The van der Waals surface area contributed by atoms with Gasteiger partial charge in [-0.15, -0.1) is 0 Å². The number of pyridine rings is 1. The van der Waals surface area contributed by atoms with E-state index in [0.29, 0.717) is 6.07 Å². The normalized spacial score (nSPS) is 11.7. The zero-order valence-corrected chi connectivity index (χ0v) is 18.5. The van der Waals surface area contributed by atoms with E-state index in [-0.39, 0.29) is 17.8 Å². The molecule has 3 rings (SSSR count). The largest absolute Gasteiger partial charge is 0.416 e. The lowest BCUT2D eigenvalue weighted by Crippen LogP contribution is -2.25. The lowest BCUT2D eigenvalue weighted by Gasteiger charge is -2.14. The van der Waals surface area contributed by atoms with Gasteiger partial charge in [0.05, 0.1) is 21.7 Å². The van der Waals surface area contributed by atoms with Crippen LogP contribution in [-0.2, 0) is 22.7 Å². The zero-order valence-electron chi connectivity index (χ0n) is 17.7. The summed E-state index contributed by atoms with van der Waals surface area (Å²) < 4.78 is 66.5. The third-order valence-corrected chi connectivity index (χ3v) is 5.97. The van der Waals surface area contributed by atoms with Crippen LogP contribution in [0.25, 0.3) is 0 Å². The van der Waals surface area contributed by atoms with Crippen LogP contribution in [-0.4, -0.2) is 33.4 Å². The van der Waals surface area contributed by atoms with Crippen molar-refractivity contribution in [2.75, 3.05) is 23.7 Å². The fourth-order valence-electron chi connectivity index (χ4n) is 2.88. The number of carbonyl (C=O) groups is 1. The molecule has 2 aromatic carbocycles. The highest BCUT2D eigenvalue weighted by molar-refractivity contribution is 7.92. The SMILES string of the molecule is CN(C)c1ccc(CNC(=O)c2ccccc2NS(=O)(=O)c2cccc(C(F)(F)F)c2)cn1. The lowest BCUT2D eigenvalue weighted by atomic mass is 10.1. The smallest absolute Gasteiger partial charge is 0.363 e. The van der Waals surface area contributed by atoms with Crippen molar-refractivity contribution < 1.29 is 26.4 Å². The minimum atomic E-state index is -4.69. The fourth-order valence-corrected chi connectivity index (χ4v) is 4.00. The van der Waals surface area contributed by atoms with Crippen LogP contribution in [0.3, 0.4) is 0 Å². The number of sulfonamides is 1. The van der Waals surface area contributed by atoms with E-state index in [1.54, 1.807) is 24.4 Å². The Kier molecular flexibility index (Phi) is 6.92. The number of anilines is 2. The molecule has 0 unspecified atom stereocenters. The number of nitrogens with one attached hydrogen (secondary N) is 2. The molecule has 0 atom stereocenters. The van der Waals surface area contributed by atoms with Crippen LogP contribution in [0.15, 0.2) is 71.8 Å². The van der Waals surface area contributed by atoms with Crippen molar-refractivity contribution in [2.45, 2.75) is 17.6 Å². The molecule has 0 radical (unpaired) electrons. The fraction of sp³-hybridized carbons (Fsp3) is 0.182. The molecule has 174 valence electrons. The Hall–Kier alpha value is -3.60. The second-order valence-corrected chi connectivity index (χ2v) is 8.96. The average molecular weight is 478 g/mol. The number of nitrogens with zero attached hydrogens (tertiary/aromatic N) is 2. The van der Waals surface area contributed by atoms with Gasteiger partial charge in [0.2, 0.25) is 0 Å². The van der Waals surface area contributed by atoms with E-state index in [2.05, 4.69) is 15.0 Å². The zero-order chi connectivity index (χ0) is 24.2. The van der Waals surface area contributed by atoms with Crippen LogP contribution in [0.5, 0.6) is 0 Å². The summed E-state index contributed by atoms with van der Waals surface area (Å²) in [6, 6.07) is 12.8. The van der Waals surface area contributed by atoms with Crippen LogP contribution in [0.4, 0.5) is 24.7 Å². The van der Waals surface area contributed by atoms with Crippen molar-refractivity contribution in [3.05, 3.63) is 83.6 Å². The van der Waals surface area contributed by atoms with Crippen LogP contribution in [0, 0.1) is 0 Å². The Morgan fingerprint density at radius 2 is 1.76 bits per heavy atom. The maximum absolute atomic E-state index is 13.0. The number of benzene rings is 2. The van der Waals surface area contributed by atoms with Gasteiger partial charge in [0.1, 0.15) is 5.82 Å². The maximum Gasteiger partial charge on any atom is 0.416 e. The molecular weight excluding hydrogens is 457 g/mol. The predicted molar refractivity (Wildman–Crippen MR) is 118 cm³/mol. The van der Waals surface area contributed by atoms with Gasteiger partial charge in [-0.3, -0.25) is 9.52 Å². The highest BCUT2D eigenvalue weighted by Gasteiger charge is 2.31. The van der Waals surface area contributed by atoms with Crippen LogP contribution < -0.4 is 14.9 Å². The molecule has 3 aromatic rings. The minimum absolute atomic E-state index is 0.0194. The number of hydrogen-bond donors (Lipinski definition) is 2. The van der Waals surface area contributed by atoms with Gasteiger partial charge in [-0.2, -0.15) is 13.2 Å². The Morgan fingerprint density at radius 3 is 2.39 bits per heavy atom. The van der Waals surface area contributed by atoms with Crippen LogP contribution in [0.2, 0.25) is 0 Å². The molecule has 0 saturated heterocycles. The van der Waals surface area contributed by atoms with Gasteiger partial charge in [0.15, 0.2) is 0 Å². The first-order valence-corrected chi connectivity index (χ1v) is 11.2. The number of aromatic nitrogens is 1. The average Bonchev–Trinajstić information content (AvgIpc) is 2.77. The molecule has 0 aliphatic carbocycles. The summed E-state index contributed by atoms with van der Waals surface area (Å²) in [4.78, 5) is 18.2. The van der Waals surface area contributed by atoms with E-state index >= 15 is 0 Å². The summed E-state index contributed by atoms with van der Waals surface area (Å²) in [7, 11) is -0.680. The van der Waals surface area contributed by atoms with Gasteiger partial charge < -0.3 is 10.2 Å². The number of hydrogen-bond acceptors (Lipinski definition) is 5. The first-order chi connectivity index (χ1) is 15.5. The first kappa shape index (κ1) is 24.1. The highest BCUT2D eigenvalue weighted by atomic mass is 32.2. The molecule has 2 N–H and O–H groups in total. The minimum Gasteiger partial charge on any atom is -0.363 e. The van der Waals surface area contributed by atoms with Gasteiger partial charge in [0.25, 0.3) is 15.9 Å². The van der Waals surface area contributed by atoms with E-state index in [0.717, 1.165) is 29.6 Å². The van der Waals surface area contributed by atoms with Gasteiger partial charge in [-0.05, 0) is 42.0 Å². The van der Waals surface area contributed by atoms with Crippen molar-refractivity contribution in [1.29, 1.82) is 0 Å². The predicted octanol–water partition coefficient (Wildman–Crippen LogP) is 3.90. The molecule has 0 aliphatic heterocycles. The molecule has 0 saturated carbocycles. The van der Waals surface area contributed by atoms with E-state index in [1.807, 2.05) is 19.0 Å². The lowest BCUT2D eigenvalue weighted by molar-refractivity contribution is -0.137. The Morgan fingerprint density at radius 1 is 1.03 bits per heavy atom. The number of para-hydroxylation sites is 1. The van der Waals surface area contributed by atoms with Crippen molar-refractivity contribution in [1.82, 2.24) is 10.3 Å². The summed E-state index contributed by atoms with van der Waals surface area (Å²) in [6.45, 7) is 0.147. The molecular formula is C22H21F3N4O3S. The van der Waals surface area contributed by atoms with Crippen molar-refractivity contribution in [3.8, 4) is 0 Å². The van der Waals surface area contributed by atoms with Crippen molar-refractivity contribution >= 4 is 27.4 Å². The first-order valence-electron chi connectivity index (χ1n) is 9.67. The standard InChI is InChI=1S/C22H21F3N4O3S/c1-29(2)20-11-10-15(13-26-20)14-27-21(30)18-8-3-4-9-19(18)28-33(31,32)17-7-5-6-16(12-17)22(23,24)25/h3-13,28H,14H2,1-2H3,(H,27,30). The van der Waals surface area contributed by atoms with E-state index in [4.69, 9.17) is 0 Å². The number of alkyl halides is 3. The molecule has 1 amide bonds. The van der Waals surface area contributed by atoms with Crippen molar-refractivity contribution in [3.63, 3.8) is 0 Å². The summed E-state index contributed by atoms with van der Waals surface area (Å²) in [5.74, 6) is 0.188. The summed E-state index contributed by atoms with van der Waals surface area (Å²) >= 11 is 0. The Labute approximate surface area is 189 Å². The number of rotatable bonds is 7. The van der Waals surface area contributed by atoms with E-state index in [9.17, 15) is 26.4 Å². The molecule has 1 aromatic heterocycles. The summed E-state index contributed by atoms with van der Waals surface area (Å²) in [6.07, 6.45) is -3.08. The summed E-state index contributed by atoms with van der Waals surface area (Å²) in [5.41, 5.74) is -0.402. The second-order valence-electron chi connectivity index (χ2n) is 7.28. The molecule has 0 spiro atoms. The third kappa shape index (κ3) is 6.01. The van der Waals surface area contributed by atoms with E-state index in [1.165, 1.54) is 18.2 Å². The molecule has 0 bridgehead atoms.